The van der Waals surface area contributed by atoms with Crippen molar-refractivity contribution < 1.29 is 33.7 Å². The van der Waals surface area contributed by atoms with E-state index in [0.29, 0.717) is 12.2 Å². The second kappa shape index (κ2) is 13.6. The lowest BCUT2D eigenvalue weighted by Crippen LogP contribution is -2.51. The van der Waals surface area contributed by atoms with Crippen LogP contribution >= 0.6 is 0 Å². The summed E-state index contributed by atoms with van der Waals surface area (Å²) in [6, 6.07) is 21.1. The minimum absolute atomic E-state index is 0.0120. The van der Waals surface area contributed by atoms with Crippen LogP contribution in [0.3, 0.4) is 0 Å². The molecule has 0 aliphatic carbocycles. The van der Waals surface area contributed by atoms with Crippen LogP contribution in [0.25, 0.3) is 0 Å². The Morgan fingerprint density at radius 3 is 2.38 bits per heavy atom. The lowest BCUT2D eigenvalue weighted by molar-refractivity contribution is -0.276. The van der Waals surface area contributed by atoms with E-state index in [1.54, 1.807) is 18.5 Å². The van der Waals surface area contributed by atoms with Gasteiger partial charge in [-0.05, 0) is 47.5 Å². The maximum Gasteiger partial charge on any atom is 0.346 e. The van der Waals surface area contributed by atoms with E-state index >= 15 is 0 Å². The summed E-state index contributed by atoms with van der Waals surface area (Å²) < 4.78 is 18.0. The van der Waals surface area contributed by atoms with Gasteiger partial charge in [-0.1, -0.05) is 43.3 Å². The molecule has 3 aliphatic heterocycles. The zero-order chi connectivity index (χ0) is 33.2. The predicted octanol–water partition coefficient (Wildman–Crippen LogP) is 4.15. The van der Waals surface area contributed by atoms with Gasteiger partial charge in [-0.25, -0.2) is 19.6 Å². The number of piperazine rings is 1. The van der Waals surface area contributed by atoms with Gasteiger partial charge in [0, 0.05) is 67.8 Å². The highest BCUT2D eigenvalue weighted by Crippen LogP contribution is 2.42. The van der Waals surface area contributed by atoms with Gasteiger partial charge in [0.05, 0.1) is 29.9 Å². The normalized spacial score (nSPS) is 22.7. The quantitative estimate of drug-likeness (QED) is 0.210. The Bertz CT molecular complexity index is 1810. The molecule has 1 amide bonds. The molecule has 1 aromatic heterocycles. The first-order chi connectivity index (χ1) is 23.4. The smallest absolute Gasteiger partial charge is 0.346 e. The van der Waals surface area contributed by atoms with Crippen molar-refractivity contribution in [2.24, 2.45) is 5.92 Å². The van der Waals surface area contributed by atoms with E-state index in [2.05, 4.69) is 36.7 Å². The van der Waals surface area contributed by atoms with Crippen molar-refractivity contribution in [3.8, 4) is 0 Å². The Labute approximate surface area is 277 Å². The third-order valence-electron chi connectivity index (χ3n) is 9.09. The van der Waals surface area contributed by atoms with Crippen molar-refractivity contribution in [3.63, 3.8) is 0 Å². The second-order valence-corrected chi connectivity index (χ2v) is 12.2. The van der Waals surface area contributed by atoms with Crippen LogP contribution in [0, 0.1) is 5.92 Å². The fourth-order valence-electron chi connectivity index (χ4n) is 6.36. The molecule has 2 saturated heterocycles. The largest absolute Gasteiger partial charge is 0.392 e. The monoisotopic (exact) mass is 649 g/mol. The minimum atomic E-state index is -0.769. The number of carbonyl (C=O) groups excluding carboxylic acids is 3. The van der Waals surface area contributed by atoms with E-state index in [0.717, 1.165) is 48.8 Å². The number of nitrogens with zero attached hydrogens (tertiary/aromatic N) is 4. The highest BCUT2D eigenvalue weighted by Gasteiger charge is 2.39. The number of nitrogens with one attached hydrogen (secondary N) is 1. The number of hydrogen-bond acceptors (Lipinski definition) is 11. The van der Waals surface area contributed by atoms with Gasteiger partial charge in [0.1, 0.15) is 0 Å². The van der Waals surface area contributed by atoms with Gasteiger partial charge >= 0.3 is 11.9 Å². The average Bonchev–Trinajstić information content (AvgIpc) is 3.41. The van der Waals surface area contributed by atoms with Crippen LogP contribution in [0.4, 0.5) is 11.6 Å². The maximum absolute atomic E-state index is 13.2. The van der Waals surface area contributed by atoms with Crippen molar-refractivity contribution in [2.45, 2.75) is 32.0 Å². The number of anilines is 2. The van der Waals surface area contributed by atoms with Crippen molar-refractivity contribution in [1.29, 1.82) is 0 Å². The molecule has 0 radical (unpaired) electrons. The number of amides is 1. The van der Waals surface area contributed by atoms with Crippen LogP contribution in [0.15, 0.2) is 85.2 Å². The molecule has 7 rings (SSSR count). The van der Waals surface area contributed by atoms with Gasteiger partial charge in [-0.3, -0.25) is 9.69 Å². The summed E-state index contributed by atoms with van der Waals surface area (Å²) in [5.41, 5.74) is 3.48. The molecule has 12 nitrogen and oxygen atoms in total. The molecule has 4 aromatic rings. The Hall–Kier alpha value is -5.01. The SMILES string of the molecule is C[C@H]1[C@@H](CN2CCN(c3ncccn3)CC2)OC(c2cccc(NC(=O)c3ccc4c(c3)C(=O)OC4=O)c2)O[C@H]1c1ccc(CO)cc1. The molecule has 0 saturated carbocycles. The Kier molecular flexibility index (Phi) is 8.96. The van der Waals surface area contributed by atoms with Crippen molar-refractivity contribution >= 4 is 29.5 Å². The summed E-state index contributed by atoms with van der Waals surface area (Å²) in [5.74, 6) is -1.19. The van der Waals surface area contributed by atoms with E-state index in [1.807, 2.05) is 48.5 Å². The number of aliphatic hydroxyl groups is 1. The van der Waals surface area contributed by atoms with Gasteiger partial charge in [0.2, 0.25) is 5.95 Å². The molecule has 4 atom stereocenters. The molecule has 0 bridgehead atoms. The number of aromatic nitrogens is 2. The summed E-state index contributed by atoms with van der Waals surface area (Å²) in [7, 11) is 0. The van der Waals surface area contributed by atoms with Gasteiger partial charge in [0.25, 0.3) is 5.91 Å². The van der Waals surface area contributed by atoms with Gasteiger partial charge in [-0.15, -0.1) is 0 Å². The summed E-state index contributed by atoms with van der Waals surface area (Å²) in [6.07, 6.45) is 2.35. The summed E-state index contributed by atoms with van der Waals surface area (Å²) in [5, 5.41) is 12.5. The molecule has 4 heterocycles. The molecule has 246 valence electrons. The number of fused-ring (bicyclic) bond motifs is 1. The molecule has 0 spiro atoms. The number of aliphatic hydroxyl groups excluding tert-OH is 1. The topological polar surface area (TPSA) is 143 Å². The molecule has 12 heteroatoms. The van der Waals surface area contributed by atoms with E-state index in [-0.39, 0.29) is 41.4 Å². The third kappa shape index (κ3) is 6.56. The molecular formula is C36H35N5O7. The van der Waals surface area contributed by atoms with Crippen LogP contribution in [-0.4, -0.2) is 76.6 Å². The molecule has 1 unspecified atom stereocenters. The fourth-order valence-corrected chi connectivity index (χ4v) is 6.36. The second-order valence-electron chi connectivity index (χ2n) is 12.2. The summed E-state index contributed by atoms with van der Waals surface area (Å²) in [4.78, 5) is 50.4. The Morgan fingerprint density at radius 2 is 1.62 bits per heavy atom. The van der Waals surface area contributed by atoms with Gasteiger partial charge in [0.15, 0.2) is 6.29 Å². The first-order valence-corrected chi connectivity index (χ1v) is 15.9. The van der Waals surface area contributed by atoms with Crippen molar-refractivity contribution in [1.82, 2.24) is 14.9 Å². The standard InChI is InChI=1S/C36H35N5O7/c1-22-30(20-40-14-16-41(17-15-40)36-37-12-3-13-38-36)46-35(47-31(22)24-8-6-23(21-42)7-9-24)26-4-2-5-27(18-26)39-32(43)25-10-11-28-29(19-25)34(45)48-33(28)44/h2-13,18-19,22,30-31,35,42H,14-17,20-21H2,1H3,(H,39,43)/t22-,30+,31+,35?/m0/s1. The molecule has 2 fully saturated rings. The van der Waals surface area contributed by atoms with Gasteiger partial charge < -0.3 is 29.5 Å². The van der Waals surface area contributed by atoms with Crippen LogP contribution in [0.1, 0.15) is 67.1 Å². The van der Waals surface area contributed by atoms with E-state index < -0.39 is 24.1 Å². The number of hydrogen-bond donors (Lipinski definition) is 2. The number of carbonyl (C=O) groups is 3. The third-order valence-corrected chi connectivity index (χ3v) is 9.09. The fraction of sp³-hybridized carbons (Fsp3) is 0.306. The van der Waals surface area contributed by atoms with Crippen molar-refractivity contribution in [2.75, 3.05) is 42.9 Å². The molecule has 3 aliphatic rings. The molecule has 2 N–H and O–H groups in total. The first kappa shape index (κ1) is 31.6. The maximum atomic E-state index is 13.2. The average molecular weight is 650 g/mol. The molecule has 48 heavy (non-hydrogen) atoms. The summed E-state index contributed by atoms with van der Waals surface area (Å²) >= 11 is 0. The van der Waals surface area contributed by atoms with Crippen LogP contribution in [0.2, 0.25) is 0 Å². The zero-order valence-corrected chi connectivity index (χ0v) is 26.3. The van der Waals surface area contributed by atoms with Crippen LogP contribution in [0.5, 0.6) is 0 Å². The van der Waals surface area contributed by atoms with Gasteiger partial charge in [-0.2, -0.15) is 0 Å². The van der Waals surface area contributed by atoms with E-state index in [1.165, 1.54) is 18.2 Å². The number of ether oxygens (including phenoxy) is 3. The minimum Gasteiger partial charge on any atom is -0.392 e. The highest BCUT2D eigenvalue weighted by molar-refractivity contribution is 6.16. The first-order valence-electron chi connectivity index (χ1n) is 15.9. The van der Waals surface area contributed by atoms with E-state index in [4.69, 9.17) is 9.47 Å². The van der Waals surface area contributed by atoms with Crippen LogP contribution < -0.4 is 10.2 Å². The summed E-state index contributed by atoms with van der Waals surface area (Å²) in [6.45, 7) is 6.08. The zero-order valence-electron chi connectivity index (χ0n) is 26.3. The predicted molar refractivity (Wildman–Crippen MR) is 174 cm³/mol. The number of benzene rings is 3. The molecular weight excluding hydrogens is 614 g/mol. The number of cyclic esters (lactones) is 2. The Balaban J connectivity index is 1.09. The lowest BCUT2D eigenvalue weighted by atomic mass is 9.90. The number of esters is 2. The van der Waals surface area contributed by atoms with Crippen molar-refractivity contribution in [3.05, 3.63) is 119 Å². The highest BCUT2D eigenvalue weighted by atomic mass is 16.7. The Morgan fingerprint density at radius 1 is 0.875 bits per heavy atom. The van der Waals surface area contributed by atoms with Crippen LogP contribution in [-0.2, 0) is 20.8 Å². The lowest BCUT2D eigenvalue weighted by Gasteiger charge is -2.44. The molecule has 3 aromatic carbocycles. The number of rotatable bonds is 8. The van der Waals surface area contributed by atoms with E-state index in [9.17, 15) is 19.5 Å².